The average Bonchev–Trinajstić information content (AvgIpc) is 2.84. The Bertz CT molecular complexity index is 1230. The monoisotopic (exact) mass is 447 g/mol. The van der Waals surface area contributed by atoms with Crippen LogP contribution in [0.15, 0.2) is 66.9 Å². The summed E-state index contributed by atoms with van der Waals surface area (Å²) in [5.41, 5.74) is 2.82. The quantitative estimate of drug-likeness (QED) is 0.525. The van der Waals surface area contributed by atoms with Crippen molar-refractivity contribution in [3.63, 3.8) is 0 Å². The fourth-order valence-corrected chi connectivity index (χ4v) is 4.74. The highest BCUT2D eigenvalue weighted by molar-refractivity contribution is 5.78. The normalized spacial score (nSPS) is 18.3. The molecule has 3 aromatic carbocycles. The highest BCUT2D eigenvalue weighted by Crippen LogP contribution is 2.47. The predicted molar refractivity (Wildman–Crippen MR) is 122 cm³/mol. The number of carbonyl (C=O) groups is 1. The lowest BCUT2D eigenvalue weighted by molar-refractivity contribution is -0.111. The number of halogens is 2. The Morgan fingerprint density at radius 1 is 0.970 bits per heavy atom. The molecular formula is C27H23F2NO3. The molecule has 0 bridgehead atoms. The van der Waals surface area contributed by atoms with E-state index in [0.29, 0.717) is 59.6 Å². The number of carbonyl (C=O) groups excluding carboxylic acids is 1. The van der Waals surface area contributed by atoms with Crippen molar-refractivity contribution < 1.29 is 23.4 Å². The van der Waals surface area contributed by atoms with Gasteiger partial charge in [-0.1, -0.05) is 30.3 Å². The molecule has 2 aliphatic heterocycles. The third-order valence-corrected chi connectivity index (χ3v) is 6.49. The van der Waals surface area contributed by atoms with Gasteiger partial charge < -0.3 is 19.5 Å². The summed E-state index contributed by atoms with van der Waals surface area (Å²) >= 11 is 0. The topological polar surface area (TPSA) is 49.8 Å². The number of rotatable bonds is 4. The summed E-state index contributed by atoms with van der Waals surface area (Å²) in [4.78, 5) is 13.0. The van der Waals surface area contributed by atoms with Crippen LogP contribution in [0.4, 0.5) is 14.5 Å². The SMILES string of the molecule is O=CC1CCN(c2ccc(C3C(c4ccccc4F)=COc4cc(O)ccc43)cc2F)CC1. The van der Waals surface area contributed by atoms with Crippen molar-refractivity contribution in [3.05, 3.63) is 95.3 Å². The van der Waals surface area contributed by atoms with Gasteiger partial charge in [0.25, 0.3) is 0 Å². The van der Waals surface area contributed by atoms with E-state index in [1.54, 1.807) is 36.4 Å². The number of hydrogen-bond donors (Lipinski definition) is 1. The molecule has 6 heteroatoms. The second-order valence-electron chi connectivity index (χ2n) is 8.50. The summed E-state index contributed by atoms with van der Waals surface area (Å²) in [6, 6.07) is 16.3. The number of piperidine rings is 1. The molecule has 1 fully saturated rings. The first-order valence-corrected chi connectivity index (χ1v) is 11.0. The van der Waals surface area contributed by atoms with Gasteiger partial charge in [-0.25, -0.2) is 8.78 Å². The molecule has 0 spiro atoms. The van der Waals surface area contributed by atoms with E-state index in [9.17, 15) is 14.3 Å². The highest BCUT2D eigenvalue weighted by Gasteiger charge is 2.30. The van der Waals surface area contributed by atoms with E-state index in [-0.39, 0.29) is 17.5 Å². The van der Waals surface area contributed by atoms with Crippen LogP contribution in [0, 0.1) is 17.6 Å². The first-order valence-electron chi connectivity index (χ1n) is 11.0. The number of aromatic hydroxyl groups is 1. The molecule has 0 amide bonds. The molecule has 3 aromatic rings. The number of nitrogens with zero attached hydrogens (tertiary/aromatic N) is 1. The summed E-state index contributed by atoms with van der Waals surface area (Å²) in [5.74, 6) is -0.703. The Morgan fingerprint density at radius 2 is 1.76 bits per heavy atom. The molecule has 1 N–H and O–H groups in total. The number of allylic oxidation sites excluding steroid dienone is 1. The van der Waals surface area contributed by atoms with Crippen LogP contribution in [0.1, 0.15) is 35.4 Å². The predicted octanol–water partition coefficient (Wildman–Crippen LogP) is 5.65. The van der Waals surface area contributed by atoms with Crippen molar-refractivity contribution in [2.45, 2.75) is 18.8 Å². The number of phenols is 1. The van der Waals surface area contributed by atoms with Crippen molar-refractivity contribution in [2.75, 3.05) is 18.0 Å². The molecule has 1 unspecified atom stereocenters. The second-order valence-corrected chi connectivity index (χ2v) is 8.50. The van der Waals surface area contributed by atoms with E-state index >= 15 is 4.39 Å². The van der Waals surface area contributed by atoms with Gasteiger partial charge in [-0.15, -0.1) is 0 Å². The van der Waals surface area contributed by atoms with E-state index < -0.39 is 11.7 Å². The summed E-state index contributed by atoms with van der Waals surface area (Å²) < 4.78 is 35.8. The van der Waals surface area contributed by atoms with Crippen LogP contribution >= 0.6 is 0 Å². The number of hydrogen-bond acceptors (Lipinski definition) is 4. The first kappa shape index (κ1) is 21.2. The molecule has 0 saturated carbocycles. The summed E-state index contributed by atoms with van der Waals surface area (Å²) in [5, 5.41) is 9.89. The number of benzene rings is 3. The van der Waals surface area contributed by atoms with Crippen LogP contribution in [0.2, 0.25) is 0 Å². The van der Waals surface area contributed by atoms with Gasteiger partial charge in [-0.3, -0.25) is 0 Å². The van der Waals surface area contributed by atoms with Crippen molar-refractivity contribution in [2.24, 2.45) is 5.92 Å². The van der Waals surface area contributed by atoms with Crippen LogP contribution in [-0.2, 0) is 4.79 Å². The minimum atomic E-state index is -0.476. The Labute approximate surface area is 190 Å². The van der Waals surface area contributed by atoms with E-state index in [1.807, 2.05) is 11.0 Å². The van der Waals surface area contributed by atoms with E-state index in [2.05, 4.69) is 0 Å². The van der Waals surface area contributed by atoms with Crippen LogP contribution in [0.25, 0.3) is 5.57 Å². The summed E-state index contributed by atoms with van der Waals surface area (Å²) in [7, 11) is 0. The van der Waals surface area contributed by atoms with Gasteiger partial charge in [0, 0.05) is 47.7 Å². The molecule has 1 atom stereocenters. The van der Waals surface area contributed by atoms with Gasteiger partial charge in [-0.2, -0.15) is 0 Å². The van der Waals surface area contributed by atoms with E-state index in [0.717, 1.165) is 6.29 Å². The van der Waals surface area contributed by atoms with Gasteiger partial charge in [0.2, 0.25) is 0 Å². The minimum absolute atomic E-state index is 0.0344. The van der Waals surface area contributed by atoms with Gasteiger partial charge in [0.1, 0.15) is 29.4 Å². The van der Waals surface area contributed by atoms with E-state index in [1.165, 1.54) is 24.5 Å². The zero-order valence-corrected chi connectivity index (χ0v) is 17.9. The molecule has 5 rings (SSSR count). The van der Waals surface area contributed by atoms with Crippen molar-refractivity contribution >= 4 is 17.5 Å². The van der Waals surface area contributed by atoms with Gasteiger partial charge >= 0.3 is 0 Å². The summed E-state index contributed by atoms with van der Waals surface area (Å²) in [6.07, 6.45) is 3.87. The van der Waals surface area contributed by atoms with Crippen molar-refractivity contribution in [3.8, 4) is 11.5 Å². The van der Waals surface area contributed by atoms with Gasteiger partial charge in [0.15, 0.2) is 0 Å². The maximum Gasteiger partial charge on any atom is 0.146 e. The third kappa shape index (κ3) is 3.97. The van der Waals surface area contributed by atoms with Crippen LogP contribution in [0.5, 0.6) is 11.5 Å². The first-order chi connectivity index (χ1) is 16.0. The molecule has 33 heavy (non-hydrogen) atoms. The second kappa shape index (κ2) is 8.70. The molecule has 168 valence electrons. The molecular weight excluding hydrogens is 424 g/mol. The smallest absolute Gasteiger partial charge is 0.146 e. The lowest BCUT2D eigenvalue weighted by Gasteiger charge is -2.32. The molecule has 0 aromatic heterocycles. The van der Waals surface area contributed by atoms with E-state index in [4.69, 9.17) is 4.74 Å². The lowest BCUT2D eigenvalue weighted by Crippen LogP contribution is -2.34. The fourth-order valence-electron chi connectivity index (χ4n) is 4.74. The number of aldehydes is 1. The highest BCUT2D eigenvalue weighted by atomic mass is 19.1. The molecule has 1 saturated heterocycles. The fraction of sp³-hybridized carbons (Fsp3) is 0.222. The number of ether oxygens (including phenoxy) is 1. The molecule has 2 heterocycles. The van der Waals surface area contributed by atoms with Crippen molar-refractivity contribution in [1.82, 2.24) is 0 Å². The Morgan fingerprint density at radius 3 is 2.48 bits per heavy atom. The van der Waals surface area contributed by atoms with Crippen molar-refractivity contribution in [1.29, 1.82) is 0 Å². The molecule has 2 aliphatic rings. The maximum atomic E-state index is 15.3. The zero-order valence-electron chi connectivity index (χ0n) is 17.9. The Kier molecular flexibility index (Phi) is 5.58. The molecule has 0 radical (unpaired) electrons. The number of phenolic OH excluding ortho intramolecular Hbond substituents is 1. The van der Waals surface area contributed by atoms with Crippen LogP contribution in [-0.4, -0.2) is 24.5 Å². The Hall–Kier alpha value is -3.67. The van der Waals surface area contributed by atoms with Crippen LogP contribution < -0.4 is 9.64 Å². The molecule has 0 aliphatic carbocycles. The zero-order chi connectivity index (χ0) is 22.9. The summed E-state index contributed by atoms with van der Waals surface area (Å²) in [6.45, 7) is 1.25. The number of anilines is 1. The largest absolute Gasteiger partial charge is 0.508 e. The third-order valence-electron chi connectivity index (χ3n) is 6.49. The maximum absolute atomic E-state index is 15.3. The average molecular weight is 447 g/mol. The van der Waals surface area contributed by atoms with Crippen LogP contribution in [0.3, 0.4) is 0 Å². The van der Waals surface area contributed by atoms with Gasteiger partial charge in [-0.05, 0) is 42.7 Å². The number of fused-ring (bicyclic) bond motifs is 1. The Balaban J connectivity index is 1.55. The molecule has 4 nitrogen and oxygen atoms in total. The lowest BCUT2D eigenvalue weighted by atomic mass is 9.80. The van der Waals surface area contributed by atoms with Gasteiger partial charge in [0.05, 0.1) is 11.9 Å². The standard InChI is InChI=1S/C27H23F2NO3/c28-23-4-2-1-3-20(23)22-16-33-26-14-19(32)6-7-21(26)27(22)18-5-8-25(24(29)13-18)30-11-9-17(15-31)10-12-30/h1-8,13-17,27,32H,9-12H2. The minimum Gasteiger partial charge on any atom is -0.508 e.